The smallest absolute Gasteiger partial charge is 0.414 e. The van der Waals surface area contributed by atoms with Crippen LogP contribution >= 0.6 is 0 Å². The van der Waals surface area contributed by atoms with Crippen molar-refractivity contribution in [2.24, 2.45) is 0 Å². The minimum Gasteiger partial charge on any atom is -0.442 e. The Balaban J connectivity index is 1.47. The SMILES string of the molecule is O=C1O[C@@H](Cn2cc(C(F)F)nn2)CN1c1ccc(C2=CCS(=O)(=O)CC2)c(F)c1. The molecule has 0 radical (unpaired) electrons. The molecule has 0 N–H and O–H groups in total. The first kappa shape index (κ1) is 20.4. The molecule has 0 unspecified atom stereocenters. The fourth-order valence-electron chi connectivity index (χ4n) is 3.39. The van der Waals surface area contributed by atoms with Gasteiger partial charge in [0.2, 0.25) is 0 Å². The number of alkyl halides is 2. The van der Waals surface area contributed by atoms with Gasteiger partial charge in [0.05, 0.1) is 36.5 Å². The van der Waals surface area contributed by atoms with Gasteiger partial charge in [-0.05, 0) is 30.2 Å². The summed E-state index contributed by atoms with van der Waals surface area (Å²) in [6, 6.07) is 4.24. The van der Waals surface area contributed by atoms with Crippen molar-refractivity contribution in [3.63, 3.8) is 0 Å². The molecule has 0 saturated carbocycles. The van der Waals surface area contributed by atoms with Gasteiger partial charge in [-0.3, -0.25) is 4.90 Å². The summed E-state index contributed by atoms with van der Waals surface area (Å²) in [5.74, 6) is -0.735. The number of aromatic nitrogens is 3. The van der Waals surface area contributed by atoms with E-state index < -0.39 is 40.0 Å². The van der Waals surface area contributed by atoms with Crippen LogP contribution in [0.25, 0.3) is 5.57 Å². The highest BCUT2D eigenvalue weighted by atomic mass is 32.2. The van der Waals surface area contributed by atoms with Gasteiger partial charge >= 0.3 is 6.09 Å². The van der Waals surface area contributed by atoms with Crippen LogP contribution in [0.1, 0.15) is 24.1 Å². The molecule has 0 bridgehead atoms. The Labute approximate surface area is 169 Å². The number of amides is 1. The van der Waals surface area contributed by atoms with E-state index >= 15 is 0 Å². The molecule has 1 fully saturated rings. The molecule has 2 aromatic rings. The highest BCUT2D eigenvalue weighted by Crippen LogP contribution is 2.30. The van der Waals surface area contributed by atoms with Crippen LogP contribution in [-0.2, 0) is 21.1 Å². The van der Waals surface area contributed by atoms with E-state index in [0.29, 0.717) is 11.1 Å². The molecule has 3 heterocycles. The second-order valence-electron chi connectivity index (χ2n) is 7.04. The predicted molar refractivity (Wildman–Crippen MR) is 100 cm³/mol. The van der Waals surface area contributed by atoms with Crippen LogP contribution in [0.4, 0.5) is 23.7 Å². The summed E-state index contributed by atoms with van der Waals surface area (Å²) in [5.41, 5.74) is 0.704. The Morgan fingerprint density at radius 3 is 2.73 bits per heavy atom. The van der Waals surface area contributed by atoms with E-state index in [0.717, 1.165) is 10.9 Å². The van der Waals surface area contributed by atoms with Crippen LogP contribution in [0, 0.1) is 5.82 Å². The number of anilines is 1. The number of rotatable bonds is 5. The van der Waals surface area contributed by atoms with Crippen molar-refractivity contribution in [2.75, 3.05) is 23.0 Å². The van der Waals surface area contributed by atoms with Gasteiger partial charge in [0.1, 0.15) is 17.6 Å². The van der Waals surface area contributed by atoms with Crippen LogP contribution in [0.5, 0.6) is 0 Å². The molecule has 30 heavy (non-hydrogen) atoms. The van der Waals surface area contributed by atoms with E-state index in [1.165, 1.54) is 23.1 Å². The lowest BCUT2D eigenvalue weighted by Gasteiger charge is -2.17. The molecule has 8 nitrogen and oxygen atoms in total. The van der Waals surface area contributed by atoms with Crippen molar-refractivity contribution in [1.82, 2.24) is 15.0 Å². The average molecular weight is 442 g/mol. The first-order chi connectivity index (χ1) is 14.2. The number of allylic oxidation sites excluding steroid dienone is 1. The highest BCUT2D eigenvalue weighted by Gasteiger charge is 2.33. The minimum absolute atomic E-state index is 0.0316. The van der Waals surface area contributed by atoms with Gasteiger partial charge in [-0.2, -0.15) is 0 Å². The molecule has 0 aliphatic carbocycles. The average Bonchev–Trinajstić information content (AvgIpc) is 3.29. The van der Waals surface area contributed by atoms with E-state index in [4.69, 9.17) is 4.74 Å². The Morgan fingerprint density at radius 2 is 2.10 bits per heavy atom. The van der Waals surface area contributed by atoms with Crippen molar-refractivity contribution in [3.8, 4) is 0 Å². The molecular formula is C18H17F3N4O4S. The summed E-state index contributed by atoms with van der Waals surface area (Å²) >= 11 is 0. The van der Waals surface area contributed by atoms with Gasteiger partial charge in [-0.1, -0.05) is 11.3 Å². The number of sulfone groups is 1. The molecule has 12 heteroatoms. The number of cyclic esters (lactones) is 1. The Morgan fingerprint density at radius 1 is 1.30 bits per heavy atom. The maximum absolute atomic E-state index is 14.7. The number of hydrogen-bond acceptors (Lipinski definition) is 6. The number of hydrogen-bond donors (Lipinski definition) is 0. The fraction of sp³-hybridized carbons (Fsp3) is 0.389. The van der Waals surface area contributed by atoms with E-state index in [-0.39, 0.29) is 36.7 Å². The molecular weight excluding hydrogens is 425 g/mol. The second kappa shape index (κ2) is 7.74. The number of nitrogens with zero attached hydrogens (tertiary/aromatic N) is 4. The number of carbonyl (C=O) groups excluding carboxylic acids is 1. The van der Waals surface area contributed by atoms with Crippen LogP contribution in [0.15, 0.2) is 30.5 Å². The zero-order valence-electron chi connectivity index (χ0n) is 15.5. The first-order valence-electron chi connectivity index (χ1n) is 9.07. The second-order valence-corrected chi connectivity index (χ2v) is 9.27. The lowest BCUT2D eigenvalue weighted by molar-refractivity contribution is 0.129. The van der Waals surface area contributed by atoms with Crippen molar-refractivity contribution < 1.29 is 31.1 Å². The molecule has 160 valence electrons. The van der Waals surface area contributed by atoms with Crippen molar-refractivity contribution in [1.29, 1.82) is 0 Å². The van der Waals surface area contributed by atoms with E-state index in [9.17, 15) is 26.4 Å². The van der Waals surface area contributed by atoms with E-state index in [1.807, 2.05) is 0 Å². The molecule has 1 aromatic heterocycles. The van der Waals surface area contributed by atoms with Crippen LogP contribution in [0.2, 0.25) is 0 Å². The van der Waals surface area contributed by atoms with Gasteiger partial charge in [-0.15, -0.1) is 5.10 Å². The lowest BCUT2D eigenvalue weighted by atomic mass is 10.0. The fourth-order valence-corrected chi connectivity index (χ4v) is 4.55. The predicted octanol–water partition coefficient (Wildman–Crippen LogP) is 2.58. The first-order valence-corrected chi connectivity index (χ1v) is 10.9. The maximum Gasteiger partial charge on any atom is 0.414 e. The molecule has 1 amide bonds. The zero-order chi connectivity index (χ0) is 21.5. The molecule has 4 rings (SSSR count). The third-order valence-corrected chi connectivity index (χ3v) is 6.42. The van der Waals surface area contributed by atoms with Gasteiger partial charge in [-0.25, -0.2) is 31.1 Å². The van der Waals surface area contributed by atoms with Crippen molar-refractivity contribution in [2.45, 2.75) is 25.5 Å². The van der Waals surface area contributed by atoms with Gasteiger partial charge in [0, 0.05) is 5.56 Å². The standard InChI is InChI=1S/C18H17F3N4O4S/c19-15-7-12(1-2-14(15)11-3-5-30(27,28)6-4-11)25-9-13(29-18(25)26)8-24-10-16(17(20)21)22-23-24/h1-3,7,10,13,17H,4-6,8-9H2/t13-/m0/s1. The Hall–Kier alpha value is -2.89. The summed E-state index contributed by atoms with van der Waals surface area (Å²) in [7, 11) is -3.12. The summed E-state index contributed by atoms with van der Waals surface area (Å²) < 4.78 is 69.3. The van der Waals surface area contributed by atoms with Gasteiger partial charge in [0.15, 0.2) is 9.84 Å². The number of carbonyl (C=O) groups is 1. The molecule has 0 spiro atoms. The summed E-state index contributed by atoms with van der Waals surface area (Å²) in [5, 5.41) is 6.92. The lowest BCUT2D eigenvalue weighted by Crippen LogP contribution is -2.26. The third kappa shape index (κ3) is 4.18. The number of ether oxygens (including phenoxy) is 1. The summed E-state index contributed by atoms with van der Waals surface area (Å²) in [4.78, 5) is 13.4. The highest BCUT2D eigenvalue weighted by molar-refractivity contribution is 7.91. The van der Waals surface area contributed by atoms with Crippen molar-refractivity contribution >= 4 is 27.2 Å². The third-order valence-electron chi connectivity index (χ3n) is 4.92. The van der Waals surface area contributed by atoms with E-state index in [2.05, 4.69) is 10.3 Å². The minimum atomic E-state index is -3.12. The summed E-state index contributed by atoms with van der Waals surface area (Å²) in [6.45, 7) is 0.117. The van der Waals surface area contributed by atoms with Crippen LogP contribution < -0.4 is 4.90 Å². The molecule has 1 saturated heterocycles. The number of halogens is 3. The number of benzene rings is 1. The Kier molecular flexibility index (Phi) is 5.26. The topological polar surface area (TPSA) is 94.4 Å². The normalized spacial score (nSPS) is 21.1. The monoisotopic (exact) mass is 442 g/mol. The van der Waals surface area contributed by atoms with Crippen LogP contribution in [0.3, 0.4) is 0 Å². The molecule has 1 atom stereocenters. The van der Waals surface area contributed by atoms with Gasteiger partial charge in [0.25, 0.3) is 6.43 Å². The van der Waals surface area contributed by atoms with Crippen molar-refractivity contribution in [3.05, 3.63) is 47.5 Å². The summed E-state index contributed by atoms with van der Waals surface area (Å²) in [6.07, 6.45) is -1.30. The molecule has 2 aliphatic heterocycles. The van der Waals surface area contributed by atoms with Crippen LogP contribution in [-0.4, -0.2) is 53.7 Å². The zero-order valence-corrected chi connectivity index (χ0v) is 16.4. The molecule has 1 aromatic carbocycles. The maximum atomic E-state index is 14.7. The Bertz CT molecular complexity index is 1120. The molecule has 2 aliphatic rings. The quantitative estimate of drug-likeness (QED) is 0.707. The van der Waals surface area contributed by atoms with Gasteiger partial charge < -0.3 is 4.74 Å². The van der Waals surface area contributed by atoms with E-state index in [1.54, 1.807) is 6.07 Å². The largest absolute Gasteiger partial charge is 0.442 e.